The van der Waals surface area contributed by atoms with E-state index in [2.05, 4.69) is 5.32 Å². The summed E-state index contributed by atoms with van der Waals surface area (Å²) >= 11 is 1.44. The zero-order chi connectivity index (χ0) is 14.5. The molecule has 0 bridgehead atoms. The summed E-state index contributed by atoms with van der Waals surface area (Å²) < 4.78 is 0. The maximum absolute atomic E-state index is 12.0. The Morgan fingerprint density at radius 2 is 1.95 bits per heavy atom. The van der Waals surface area contributed by atoms with E-state index in [4.69, 9.17) is 10.2 Å². The molecule has 1 aromatic rings. The van der Waals surface area contributed by atoms with Gasteiger partial charge in [0.15, 0.2) is 6.04 Å². The van der Waals surface area contributed by atoms with Crippen LogP contribution < -0.4 is 5.32 Å². The van der Waals surface area contributed by atoms with Crippen molar-refractivity contribution in [2.75, 3.05) is 6.61 Å². The molecule has 0 aromatic carbocycles. The monoisotopic (exact) mass is 297 g/mol. The van der Waals surface area contributed by atoms with E-state index < -0.39 is 24.5 Å². The summed E-state index contributed by atoms with van der Waals surface area (Å²) in [7, 11) is 0. The Morgan fingerprint density at radius 1 is 1.25 bits per heavy atom. The van der Waals surface area contributed by atoms with Crippen LogP contribution in [0.25, 0.3) is 0 Å². The number of fused-ring (bicyclic) bond motifs is 1. The van der Waals surface area contributed by atoms with Crippen molar-refractivity contribution in [3.05, 3.63) is 21.4 Å². The summed E-state index contributed by atoms with van der Waals surface area (Å²) in [5, 5.41) is 20.1. The van der Waals surface area contributed by atoms with Crippen molar-refractivity contribution < 1.29 is 19.8 Å². The normalized spacial score (nSPS) is 16.6. The maximum Gasteiger partial charge on any atom is 0.328 e. The first-order valence-electron chi connectivity index (χ1n) is 6.88. The van der Waals surface area contributed by atoms with Crippen LogP contribution in [0.4, 0.5) is 0 Å². The summed E-state index contributed by atoms with van der Waals surface area (Å²) in [5.74, 6) is -1.64. The largest absolute Gasteiger partial charge is 0.480 e. The van der Waals surface area contributed by atoms with E-state index in [-0.39, 0.29) is 0 Å². The van der Waals surface area contributed by atoms with Gasteiger partial charge in [-0.3, -0.25) is 4.79 Å². The summed E-state index contributed by atoms with van der Waals surface area (Å²) in [5.41, 5.74) is 1.22. The molecule has 1 heterocycles. The van der Waals surface area contributed by atoms with E-state index in [1.54, 1.807) is 0 Å². The van der Waals surface area contributed by atoms with Gasteiger partial charge in [0.05, 0.1) is 11.5 Å². The fourth-order valence-corrected chi connectivity index (χ4v) is 3.53. The molecular weight excluding hydrogens is 278 g/mol. The SMILES string of the molecule is O=C(N[C@H](CO)C(=O)O)c1cc2c(s1)CCCCCC2. The zero-order valence-corrected chi connectivity index (χ0v) is 12.0. The van der Waals surface area contributed by atoms with E-state index in [0.717, 1.165) is 25.7 Å². The lowest BCUT2D eigenvalue weighted by molar-refractivity contribution is -0.140. The third-order valence-corrected chi connectivity index (χ3v) is 4.74. The highest BCUT2D eigenvalue weighted by Gasteiger charge is 2.22. The van der Waals surface area contributed by atoms with Gasteiger partial charge in [0.25, 0.3) is 5.91 Å². The number of aliphatic hydroxyl groups excluding tert-OH is 1. The molecule has 1 amide bonds. The molecule has 3 N–H and O–H groups in total. The Kier molecular flexibility index (Phi) is 5.14. The molecule has 0 unspecified atom stereocenters. The number of amides is 1. The predicted molar refractivity (Wildman–Crippen MR) is 76.2 cm³/mol. The first-order valence-corrected chi connectivity index (χ1v) is 7.69. The molecule has 0 spiro atoms. The number of hydrogen-bond donors (Lipinski definition) is 3. The Balaban J connectivity index is 2.10. The fourth-order valence-electron chi connectivity index (χ4n) is 2.37. The van der Waals surface area contributed by atoms with Crippen molar-refractivity contribution in [1.82, 2.24) is 5.32 Å². The molecule has 6 heteroatoms. The summed E-state index contributed by atoms with van der Waals surface area (Å²) in [6, 6.07) is 0.629. The van der Waals surface area contributed by atoms with Gasteiger partial charge in [-0.1, -0.05) is 12.8 Å². The molecule has 20 heavy (non-hydrogen) atoms. The maximum atomic E-state index is 12.0. The lowest BCUT2D eigenvalue weighted by Gasteiger charge is -2.10. The van der Waals surface area contributed by atoms with Crippen LogP contribution in [0.1, 0.15) is 45.8 Å². The Hall–Kier alpha value is -1.40. The smallest absolute Gasteiger partial charge is 0.328 e. The topological polar surface area (TPSA) is 86.6 Å². The van der Waals surface area contributed by atoms with E-state index in [1.165, 1.54) is 34.6 Å². The van der Waals surface area contributed by atoms with Crippen molar-refractivity contribution >= 4 is 23.2 Å². The summed E-state index contributed by atoms with van der Waals surface area (Å²) in [4.78, 5) is 24.6. The van der Waals surface area contributed by atoms with Crippen molar-refractivity contribution in [1.29, 1.82) is 0 Å². The van der Waals surface area contributed by atoms with Gasteiger partial charge in [-0.05, 0) is 37.3 Å². The first-order chi connectivity index (χ1) is 9.61. The minimum Gasteiger partial charge on any atom is -0.480 e. The van der Waals surface area contributed by atoms with Crippen LogP contribution in [0.5, 0.6) is 0 Å². The fraction of sp³-hybridized carbons (Fsp3) is 0.571. The van der Waals surface area contributed by atoms with Crippen molar-refractivity contribution in [2.45, 2.75) is 44.6 Å². The first kappa shape index (κ1) is 15.0. The van der Waals surface area contributed by atoms with Gasteiger partial charge in [0.1, 0.15) is 0 Å². The highest BCUT2D eigenvalue weighted by atomic mass is 32.1. The Labute approximate surface area is 121 Å². The van der Waals surface area contributed by atoms with E-state index >= 15 is 0 Å². The second-order valence-corrected chi connectivity index (χ2v) is 6.16. The van der Waals surface area contributed by atoms with Gasteiger partial charge >= 0.3 is 5.97 Å². The number of nitrogens with one attached hydrogen (secondary N) is 1. The van der Waals surface area contributed by atoms with Gasteiger partial charge < -0.3 is 15.5 Å². The van der Waals surface area contributed by atoms with Gasteiger partial charge in [0, 0.05) is 4.88 Å². The van der Waals surface area contributed by atoms with Gasteiger partial charge in [-0.2, -0.15) is 0 Å². The number of aliphatic carboxylic acids is 1. The van der Waals surface area contributed by atoms with Crippen LogP contribution in [0.3, 0.4) is 0 Å². The number of rotatable bonds is 4. The number of hydrogen-bond acceptors (Lipinski definition) is 4. The molecule has 110 valence electrons. The van der Waals surface area contributed by atoms with Crippen molar-refractivity contribution in [3.63, 3.8) is 0 Å². The second kappa shape index (κ2) is 6.85. The number of carbonyl (C=O) groups is 2. The van der Waals surface area contributed by atoms with Crippen molar-refractivity contribution in [3.8, 4) is 0 Å². The third kappa shape index (κ3) is 3.58. The molecule has 1 aliphatic rings. The lowest BCUT2D eigenvalue weighted by atomic mass is 10.00. The quantitative estimate of drug-likeness (QED) is 0.787. The van der Waals surface area contributed by atoms with Gasteiger partial charge in [0.2, 0.25) is 0 Å². The molecule has 2 rings (SSSR count). The highest BCUT2D eigenvalue weighted by Crippen LogP contribution is 2.28. The van der Waals surface area contributed by atoms with E-state index in [0.29, 0.717) is 4.88 Å². The molecule has 1 aromatic heterocycles. The van der Waals surface area contributed by atoms with Crippen LogP contribution in [0.15, 0.2) is 6.07 Å². The average Bonchev–Trinajstić information content (AvgIpc) is 2.78. The molecule has 0 fully saturated rings. The Morgan fingerprint density at radius 3 is 2.60 bits per heavy atom. The summed E-state index contributed by atoms with van der Waals surface area (Å²) in [6.45, 7) is -0.605. The minimum absolute atomic E-state index is 0.414. The van der Waals surface area contributed by atoms with Crippen LogP contribution in [-0.2, 0) is 17.6 Å². The summed E-state index contributed by atoms with van der Waals surface area (Å²) in [6.07, 6.45) is 6.71. The van der Waals surface area contributed by atoms with E-state index in [1.807, 2.05) is 6.07 Å². The van der Waals surface area contributed by atoms with Gasteiger partial charge in [-0.25, -0.2) is 4.79 Å². The number of aliphatic hydroxyl groups is 1. The van der Waals surface area contributed by atoms with Crippen LogP contribution >= 0.6 is 11.3 Å². The molecule has 0 aliphatic heterocycles. The second-order valence-electron chi connectivity index (χ2n) is 5.02. The third-order valence-electron chi connectivity index (χ3n) is 3.51. The molecule has 0 saturated heterocycles. The Bertz CT molecular complexity index is 472. The number of thiophene rings is 1. The molecule has 1 aliphatic carbocycles. The molecule has 0 saturated carbocycles. The van der Waals surface area contributed by atoms with E-state index in [9.17, 15) is 9.59 Å². The average molecular weight is 297 g/mol. The van der Waals surface area contributed by atoms with Crippen LogP contribution in [0, 0.1) is 0 Å². The molecular formula is C14H19NO4S. The predicted octanol–water partition coefficient (Wildman–Crippen LogP) is 1.58. The number of aryl methyl sites for hydroxylation is 2. The van der Waals surface area contributed by atoms with Crippen LogP contribution in [0.2, 0.25) is 0 Å². The number of carbonyl (C=O) groups excluding carboxylic acids is 1. The molecule has 0 radical (unpaired) electrons. The minimum atomic E-state index is -1.24. The standard InChI is InChI=1S/C14H19NO4S/c16-8-10(14(18)19)15-13(17)12-7-9-5-3-1-2-4-6-11(9)20-12/h7,10,16H,1-6,8H2,(H,15,17)(H,18,19)/t10-/m1/s1. The zero-order valence-electron chi connectivity index (χ0n) is 11.2. The molecule has 1 atom stereocenters. The molecule has 5 nitrogen and oxygen atoms in total. The van der Waals surface area contributed by atoms with Crippen LogP contribution in [-0.4, -0.2) is 34.7 Å². The highest BCUT2D eigenvalue weighted by molar-refractivity contribution is 7.14. The van der Waals surface area contributed by atoms with Crippen molar-refractivity contribution in [2.24, 2.45) is 0 Å². The van der Waals surface area contributed by atoms with Gasteiger partial charge in [-0.15, -0.1) is 11.3 Å². The number of carboxylic acids is 1. The number of carboxylic acid groups (broad SMARTS) is 1. The lowest BCUT2D eigenvalue weighted by Crippen LogP contribution is -2.43.